The summed E-state index contributed by atoms with van der Waals surface area (Å²) in [4.78, 5) is 23.5. The predicted octanol–water partition coefficient (Wildman–Crippen LogP) is 0.0963. The molecule has 3 nitrogen and oxygen atoms in total. The number of rotatable bonds is 1. The largest absolute Gasteiger partial charge is 0.469 e. The third-order valence-electron chi connectivity index (χ3n) is 5.86. The minimum atomic E-state index is -0.141. The number of ether oxygens (including phenoxy) is 1. The molecule has 5 saturated carbocycles. The number of esters is 1. The van der Waals surface area contributed by atoms with Crippen LogP contribution in [0.3, 0.4) is 0 Å². The lowest BCUT2D eigenvalue weighted by Gasteiger charge is -2.38. The lowest BCUT2D eigenvalue weighted by atomic mass is 9.64. The van der Waals surface area contributed by atoms with E-state index >= 15 is 0 Å². The molecule has 8 atom stereocenters. The molecule has 0 aromatic heterocycles. The van der Waals surface area contributed by atoms with Crippen molar-refractivity contribution >= 4 is 11.8 Å². The molecule has 0 aliphatic heterocycles. The normalized spacial score (nSPS) is 72.6. The maximum absolute atomic E-state index is 11.8. The average Bonchev–Trinajstić information content (AvgIpc) is 2.99. The fourth-order valence-electron chi connectivity index (χ4n) is 5.77. The quantitative estimate of drug-likeness (QED) is 0.551. The molecular formula is C11H10O3. The zero-order valence-electron chi connectivity index (χ0n) is 7.77. The molecule has 0 saturated heterocycles. The van der Waals surface area contributed by atoms with Crippen LogP contribution in [-0.4, -0.2) is 18.9 Å². The van der Waals surface area contributed by atoms with Crippen LogP contribution in [0.5, 0.6) is 0 Å². The molecule has 0 aromatic carbocycles. The molecule has 0 bridgehead atoms. The van der Waals surface area contributed by atoms with Crippen LogP contribution in [-0.2, 0) is 14.3 Å². The van der Waals surface area contributed by atoms with Crippen LogP contribution in [0.2, 0.25) is 0 Å². The molecular weight excluding hydrogens is 180 g/mol. The van der Waals surface area contributed by atoms with Crippen molar-refractivity contribution in [2.45, 2.75) is 0 Å². The maximum atomic E-state index is 11.8. The molecule has 14 heavy (non-hydrogen) atoms. The third-order valence-corrected chi connectivity index (χ3v) is 5.86. The van der Waals surface area contributed by atoms with E-state index in [-0.39, 0.29) is 17.3 Å². The predicted molar refractivity (Wildman–Crippen MR) is 43.9 cm³/mol. The Morgan fingerprint density at radius 3 is 2.50 bits per heavy atom. The van der Waals surface area contributed by atoms with Gasteiger partial charge in [0.05, 0.1) is 12.5 Å². The van der Waals surface area contributed by atoms with Crippen LogP contribution in [0.1, 0.15) is 0 Å². The Morgan fingerprint density at radius 2 is 1.93 bits per heavy atom. The Hall–Kier alpha value is -0.860. The Kier molecular flexibility index (Phi) is 0.646. The summed E-state index contributed by atoms with van der Waals surface area (Å²) < 4.78 is 4.90. The van der Waals surface area contributed by atoms with Crippen molar-refractivity contribution in [2.75, 3.05) is 7.11 Å². The first-order valence-corrected chi connectivity index (χ1v) is 5.38. The third kappa shape index (κ3) is 0.306. The summed E-state index contributed by atoms with van der Waals surface area (Å²) in [5.41, 5.74) is -0.141. The van der Waals surface area contributed by atoms with Gasteiger partial charge in [-0.3, -0.25) is 9.59 Å². The lowest BCUT2D eigenvalue weighted by molar-refractivity contribution is -0.157. The van der Waals surface area contributed by atoms with E-state index in [4.69, 9.17) is 4.74 Å². The summed E-state index contributed by atoms with van der Waals surface area (Å²) >= 11 is 0. The van der Waals surface area contributed by atoms with E-state index in [2.05, 4.69) is 0 Å². The van der Waals surface area contributed by atoms with E-state index < -0.39 is 0 Å². The van der Waals surface area contributed by atoms with Gasteiger partial charge in [0.1, 0.15) is 5.78 Å². The van der Waals surface area contributed by atoms with E-state index in [9.17, 15) is 9.59 Å². The molecule has 0 N–H and O–H groups in total. The van der Waals surface area contributed by atoms with E-state index in [1.165, 1.54) is 7.11 Å². The fourth-order valence-corrected chi connectivity index (χ4v) is 5.77. The zero-order valence-corrected chi connectivity index (χ0v) is 7.77. The highest BCUT2D eigenvalue weighted by Gasteiger charge is 3.03. The molecule has 0 amide bonds. The molecule has 0 radical (unpaired) electrons. The van der Waals surface area contributed by atoms with Gasteiger partial charge in [-0.2, -0.15) is 0 Å². The van der Waals surface area contributed by atoms with E-state index in [1.54, 1.807) is 0 Å². The zero-order chi connectivity index (χ0) is 9.40. The number of hydrogen-bond acceptors (Lipinski definition) is 3. The van der Waals surface area contributed by atoms with E-state index in [0.29, 0.717) is 41.3 Å². The number of Topliss-reactive ketones (excluding diaryl/α,β-unsaturated/α-hetero) is 1. The number of hydrogen-bond donors (Lipinski definition) is 0. The first-order valence-electron chi connectivity index (χ1n) is 5.38. The Balaban J connectivity index is 1.70. The van der Waals surface area contributed by atoms with Crippen molar-refractivity contribution < 1.29 is 14.3 Å². The van der Waals surface area contributed by atoms with Crippen LogP contribution in [0.25, 0.3) is 0 Å². The highest BCUT2D eigenvalue weighted by atomic mass is 16.5. The Morgan fingerprint density at radius 1 is 1.21 bits per heavy atom. The van der Waals surface area contributed by atoms with Crippen LogP contribution in [0.4, 0.5) is 0 Å². The molecule has 0 aromatic rings. The van der Waals surface area contributed by atoms with E-state index in [1.807, 2.05) is 0 Å². The number of carbonyl (C=O) groups is 2. The lowest BCUT2D eigenvalue weighted by Crippen LogP contribution is -2.45. The monoisotopic (exact) mass is 190 g/mol. The second kappa shape index (κ2) is 1.37. The molecule has 5 aliphatic rings. The van der Waals surface area contributed by atoms with Crippen LogP contribution in [0.15, 0.2) is 0 Å². The van der Waals surface area contributed by atoms with Crippen LogP contribution in [0, 0.1) is 46.8 Å². The molecule has 3 heteroatoms. The number of ketones is 1. The summed E-state index contributed by atoms with van der Waals surface area (Å²) in [6.07, 6.45) is 0. The SMILES string of the molecule is COC(=O)C12C3C4C(=O)C5C3C5C1C42. The average molecular weight is 190 g/mol. The summed E-state index contributed by atoms with van der Waals surface area (Å²) in [5, 5.41) is 0. The minimum absolute atomic E-state index is 0.0191. The van der Waals surface area contributed by atoms with Gasteiger partial charge < -0.3 is 4.74 Å². The second-order valence-corrected chi connectivity index (χ2v) is 5.61. The first-order chi connectivity index (χ1) is 6.76. The Bertz CT molecular complexity index is 424. The van der Waals surface area contributed by atoms with Gasteiger partial charge >= 0.3 is 5.97 Å². The molecule has 5 aliphatic carbocycles. The van der Waals surface area contributed by atoms with Crippen molar-refractivity contribution in [3.63, 3.8) is 0 Å². The van der Waals surface area contributed by atoms with Crippen molar-refractivity contribution in [1.29, 1.82) is 0 Å². The number of carbonyl (C=O) groups excluding carboxylic acids is 2. The van der Waals surface area contributed by atoms with E-state index in [0.717, 1.165) is 0 Å². The second-order valence-electron chi connectivity index (χ2n) is 5.61. The van der Waals surface area contributed by atoms with Crippen molar-refractivity contribution in [3.05, 3.63) is 0 Å². The van der Waals surface area contributed by atoms with Gasteiger partial charge in [0, 0.05) is 11.8 Å². The summed E-state index contributed by atoms with van der Waals surface area (Å²) in [6, 6.07) is 0. The summed E-state index contributed by atoms with van der Waals surface area (Å²) in [5.74, 6) is 3.70. The molecule has 0 spiro atoms. The minimum Gasteiger partial charge on any atom is -0.469 e. The summed E-state index contributed by atoms with van der Waals surface area (Å²) in [6.45, 7) is 0. The van der Waals surface area contributed by atoms with Crippen LogP contribution < -0.4 is 0 Å². The fraction of sp³-hybridized carbons (Fsp3) is 0.818. The molecule has 5 fully saturated rings. The van der Waals surface area contributed by atoms with Gasteiger partial charge in [0.2, 0.25) is 0 Å². The van der Waals surface area contributed by atoms with Gasteiger partial charge in [-0.15, -0.1) is 0 Å². The maximum Gasteiger partial charge on any atom is 0.312 e. The highest BCUT2D eigenvalue weighted by molar-refractivity contribution is 6.02. The highest BCUT2D eigenvalue weighted by Crippen LogP contribution is 2.99. The summed E-state index contributed by atoms with van der Waals surface area (Å²) in [7, 11) is 1.47. The van der Waals surface area contributed by atoms with Gasteiger partial charge in [-0.05, 0) is 29.6 Å². The first kappa shape index (κ1) is 6.59. The van der Waals surface area contributed by atoms with Crippen LogP contribution >= 0.6 is 0 Å². The van der Waals surface area contributed by atoms with Gasteiger partial charge in [-0.25, -0.2) is 0 Å². The topological polar surface area (TPSA) is 43.4 Å². The molecule has 5 rings (SSSR count). The van der Waals surface area contributed by atoms with Crippen molar-refractivity contribution in [1.82, 2.24) is 0 Å². The smallest absolute Gasteiger partial charge is 0.312 e. The van der Waals surface area contributed by atoms with Gasteiger partial charge in [0.25, 0.3) is 0 Å². The van der Waals surface area contributed by atoms with Gasteiger partial charge in [0.15, 0.2) is 0 Å². The molecule has 8 unspecified atom stereocenters. The van der Waals surface area contributed by atoms with Crippen molar-refractivity contribution in [2.24, 2.45) is 46.8 Å². The standard InChI is InChI=1S/C11H10O3/c1-14-10(13)11-6-2-3-4(2)9(12)5(6)8(11)7(3)11/h2-8H,1H3. The number of methoxy groups -OCH3 is 1. The van der Waals surface area contributed by atoms with Gasteiger partial charge in [-0.1, -0.05) is 0 Å². The molecule has 72 valence electrons. The Labute approximate surface area is 80.8 Å². The molecule has 0 heterocycles. The number of fused-ring (bicyclic) bond motifs is 4. The van der Waals surface area contributed by atoms with Crippen molar-refractivity contribution in [3.8, 4) is 0 Å².